The number of rotatable bonds is 10. The number of imide groups is 2. The van der Waals surface area contributed by atoms with E-state index in [0.717, 1.165) is 66.2 Å². The number of carbonyl (C=O) groups is 4. The largest absolute Gasteiger partial charge is 0.497 e. The number of hydrogen-bond acceptors (Lipinski definition) is 9. The van der Waals surface area contributed by atoms with Crippen molar-refractivity contribution >= 4 is 77.4 Å². The fraction of sp³-hybridized carbons (Fsp3) is 0.333. The molecule has 4 aromatic carbocycles. The summed E-state index contributed by atoms with van der Waals surface area (Å²) in [7, 11) is 5.51. The first kappa shape index (κ1) is 39.5. The fourth-order valence-electron chi connectivity index (χ4n) is 8.58. The van der Waals surface area contributed by atoms with Crippen LogP contribution in [0.3, 0.4) is 0 Å². The van der Waals surface area contributed by atoms with Gasteiger partial charge < -0.3 is 23.5 Å². The maximum atomic E-state index is 13.6. The number of aryl methyl sites for hydroxylation is 4. The van der Waals surface area contributed by atoms with E-state index in [0.29, 0.717) is 67.5 Å². The van der Waals surface area contributed by atoms with Crippen molar-refractivity contribution in [2.45, 2.75) is 26.7 Å². The lowest BCUT2D eigenvalue weighted by atomic mass is 9.99. The molecule has 0 bridgehead atoms. The lowest BCUT2D eigenvalue weighted by Gasteiger charge is -2.20. The molecule has 6 aromatic rings. The minimum atomic E-state index is -3.67. The third-order valence-corrected chi connectivity index (χ3v) is 11.2. The van der Waals surface area contributed by atoms with Gasteiger partial charge in [-0.15, -0.1) is 0 Å². The predicted octanol–water partition coefficient (Wildman–Crippen LogP) is 5.72. The summed E-state index contributed by atoms with van der Waals surface area (Å²) >= 11 is 0. The van der Waals surface area contributed by atoms with E-state index in [2.05, 4.69) is 14.0 Å². The van der Waals surface area contributed by atoms with Gasteiger partial charge in [0.25, 0.3) is 33.7 Å². The molecular weight excluding hydrogens is 751 g/mol. The van der Waals surface area contributed by atoms with Crippen molar-refractivity contribution in [2.75, 3.05) is 53.7 Å². The summed E-state index contributed by atoms with van der Waals surface area (Å²) in [5.41, 5.74) is 7.29. The number of ether oxygens (including phenoxy) is 2. The summed E-state index contributed by atoms with van der Waals surface area (Å²) < 4.78 is 40.9. The van der Waals surface area contributed by atoms with Crippen molar-refractivity contribution in [3.8, 4) is 11.5 Å². The van der Waals surface area contributed by atoms with Gasteiger partial charge in [-0.3, -0.25) is 33.5 Å². The first-order chi connectivity index (χ1) is 27.0. The van der Waals surface area contributed by atoms with Gasteiger partial charge in [0.05, 0.1) is 53.8 Å². The molecule has 57 heavy (non-hydrogen) atoms. The van der Waals surface area contributed by atoms with Crippen LogP contribution in [-0.4, -0.2) is 114 Å². The Balaban J connectivity index is 0.000000935. The third kappa shape index (κ3) is 6.68. The molecule has 0 spiro atoms. The molecule has 1 N–H and O–H groups in total. The van der Waals surface area contributed by atoms with Gasteiger partial charge in [-0.25, -0.2) is 0 Å². The smallest absolute Gasteiger partial charge is 0.261 e. The van der Waals surface area contributed by atoms with Crippen LogP contribution in [0, 0.1) is 13.8 Å². The average molecular weight is 796 g/mol. The fourth-order valence-corrected chi connectivity index (χ4v) is 8.58. The lowest BCUT2D eigenvalue weighted by molar-refractivity contribution is 0.0639. The van der Waals surface area contributed by atoms with Gasteiger partial charge in [-0.05, 0) is 106 Å². The summed E-state index contributed by atoms with van der Waals surface area (Å²) in [5.74, 6) is 0.404. The molecule has 2 aliphatic heterocycles. The van der Waals surface area contributed by atoms with E-state index in [1.807, 2.05) is 83.5 Å². The first-order valence-corrected chi connectivity index (χ1v) is 20.3. The third-order valence-electron chi connectivity index (χ3n) is 11.2. The van der Waals surface area contributed by atoms with E-state index in [9.17, 15) is 27.6 Å². The zero-order valence-corrected chi connectivity index (χ0v) is 34.0. The monoisotopic (exact) mass is 795 g/mol. The van der Waals surface area contributed by atoms with Gasteiger partial charge in [0.1, 0.15) is 11.5 Å². The molecule has 15 heteroatoms. The maximum Gasteiger partial charge on any atom is 0.261 e. The van der Waals surface area contributed by atoms with Crippen LogP contribution in [0.4, 0.5) is 0 Å². The van der Waals surface area contributed by atoms with Crippen LogP contribution in [0.1, 0.15) is 65.4 Å². The van der Waals surface area contributed by atoms with E-state index in [-0.39, 0.29) is 23.6 Å². The number of carbonyl (C=O) groups excluding carboxylic acids is 4. The minimum Gasteiger partial charge on any atom is -0.497 e. The Morgan fingerprint density at radius 3 is 1.35 bits per heavy atom. The molecule has 0 unspecified atom stereocenters. The highest BCUT2D eigenvalue weighted by molar-refractivity contribution is 7.85. The predicted molar refractivity (Wildman–Crippen MR) is 218 cm³/mol. The SMILES string of the molecule is COc1ccc2c(c1)c1cc3c(c(C)c1n2C)C(=O)N(CCCN(C)CCCN1C(=O)c2cc4c5cc(OC)ccc5n(C)c4c(C)c2C1=O)C3=O.CS(=O)(=O)O. The molecule has 0 saturated carbocycles. The molecule has 298 valence electrons. The van der Waals surface area contributed by atoms with Crippen LogP contribution < -0.4 is 9.47 Å². The summed E-state index contributed by atoms with van der Waals surface area (Å²) in [6, 6.07) is 15.4. The van der Waals surface area contributed by atoms with Crippen molar-refractivity contribution in [1.82, 2.24) is 23.8 Å². The molecule has 8 rings (SSSR count). The zero-order chi connectivity index (χ0) is 41.2. The molecule has 0 saturated heterocycles. The summed E-state index contributed by atoms with van der Waals surface area (Å²) in [6.07, 6.45) is 1.91. The zero-order valence-electron chi connectivity index (χ0n) is 33.2. The van der Waals surface area contributed by atoms with E-state index in [1.54, 1.807) is 14.2 Å². The summed E-state index contributed by atoms with van der Waals surface area (Å²) in [4.78, 5) is 59.3. The van der Waals surface area contributed by atoms with Gasteiger partial charge >= 0.3 is 0 Å². The van der Waals surface area contributed by atoms with Crippen molar-refractivity contribution in [2.24, 2.45) is 14.1 Å². The van der Waals surface area contributed by atoms with Crippen molar-refractivity contribution in [3.63, 3.8) is 0 Å². The number of amides is 4. The Labute approximate surface area is 329 Å². The second-order valence-electron chi connectivity index (χ2n) is 14.8. The van der Waals surface area contributed by atoms with E-state index in [1.165, 1.54) is 9.80 Å². The second kappa shape index (κ2) is 14.6. The van der Waals surface area contributed by atoms with Crippen LogP contribution in [0.25, 0.3) is 43.6 Å². The van der Waals surface area contributed by atoms with E-state index in [4.69, 9.17) is 14.0 Å². The first-order valence-electron chi connectivity index (χ1n) is 18.5. The number of aromatic nitrogens is 2. The van der Waals surface area contributed by atoms with E-state index < -0.39 is 10.1 Å². The second-order valence-corrected chi connectivity index (χ2v) is 16.3. The summed E-state index contributed by atoms with van der Waals surface area (Å²) in [5, 5.41) is 3.79. The maximum absolute atomic E-state index is 13.6. The molecular formula is C42H45N5O9S. The Bertz CT molecular complexity index is 2640. The average Bonchev–Trinajstić information content (AvgIpc) is 3.79. The highest BCUT2D eigenvalue weighted by Gasteiger charge is 2.39. The van der Waals surface area contributed by atoms with Gasteiger partial charge in [0.15, 0.2) is 0 Å². The van der Waals surface area contributed by atoms with Crippen LogP contribution in [0.5, 0.6) is 11.5 Å². The molecule has 2 aliphatic rings. The van der Waals surface area contributed by atoms with Crippen molar-refractivity contribution < 1.29 is 41.6 Å². The number of methoxy groups -OCH3 is 2. The number of nitrogens with zero attached hydrogens (tertiary/aromatic N) is 5. The molecule has 0 aliphatic carbocycles. The number of fused-ring (bicyclic) bond motifs is 8. The number of benzene rings is 4. The molecule has 0 atom stereocenters. The Kier molecular flexibility index (Phi) is 10.1. The summed E-state index contributed by atoms with van der Waals surface area (Å²) in [6.45, 7) is 5.71. The van der Waals surface area contributed by atoms with E-state index >= 15 is 0 Å². The molecule has 4 heterocycles. The highest BCUT2D eigenvalue weighted by atomic mass is 32.2. The van der Waals surface area contributed by atoms with Crippen LogP contribution >= 0.6 is 0 Å². The quantitative estimate of drug-likeness (QED) is 0.134. The number of hydrogen-bond donors (Lipinski definition) is 1. The van der Waals surface area contributed by atoms with Crippen molar-refractivity contribution in [3.05, 3.63) is 81.9 Å². The van der Waals surface area contributed by atoms with Gasteiger partial charge in [-0.1, -0.05) is 0 Å². The Morgan fingerprint density at radius 1 is 0.632 bits per heavy atom. The molecule has 0 radical (unpaired) electrons. The molecule has 2 aromatic heterocycles. The molecule has 14 nitrogen and oxygen atoms in total. The molecule has 0 fully saturated rings. The van der Waals surface area contributed by atoms with Crippen LogP contribution in [0.15, 0.2) is 48.5 Å². The molecule has 4 amide bonds. The lowest BCUT2D eigenvalue weighted by Crippen LogP contribution is -2.35. The Hall–Kier alpha value is -5.77. The Morgan fingerprint density at radius 2 is 1.00 bits per heavy atom. The van der Waals surface area contributed by atoms with Crippen LogP contribution in [0.2, 0.25) is 0 Å². The van der Waals surface area contributed by atoms with Crippen molar-refractivity contribution in [1.29, 1.82) is 0 Å². The topological polar surface area (TPSA) is 161 Å². The van der Waals surface area contributed by atoms with Gasteiger partial charge in [0, 0.05) is 59.8 Å². The standard InChI is InChI=1S/C41H41N5O6.CH4O3S/c1-22-34-30(20-28-26-18-24(51-6)10-12-32(26)43(4)36(22)28)38(47)45(40(34)49)16-8-14-42(3)15-9-17-46-39(48)31-21-29-27-19-25(52-7)11-13-33(27)44(5)37(29)23(2)35(31)41(46)50;1-5(2,3)4/h10-13,18-21H,8-9,14-17H2,1-7H3;1H3,(H,2,3,4). The normalized spacial score (nSPS) is 14.1. The minimum absolute atomic E-state index is 0.259. The van der Waals surface area contributed by atoms with Gasteiger partial charge in [0.2, 0.25) is 0 Å². The highest BCUT2D eigenvalue weighted by Crippen LogP contribution is 2.40. The van der Waals surface area contributed by atoms with Gasteiger partial charge in [-0.2, -0.15) is 8.42 Å². The van der Waals surface area contributed by atoms with Crippen LogP contribution in [-0.2, 0) is 24.2 Å².